The van der Waals surface area contributed by atoms with E-state index in [1.807, 2.05) is 6.07 Å². The van der Waals surface area contributed by atoms with Gasteiger partial charge in [0.25, 0.3) is 10.0 Å². The summed E-state index contributed by atoms with van der Waals surface area (Å²) >= 11 is 0. The zero-order valence-corrected chi connectivity index (χ0v) is 11.0. The number of carbonyl (C=O) groups excluding carboxylic acids is 1. The molecule has 0 aliphatic rings. The van der Waals surface area contributed by atoms with Crippen molar-refractivity contribution in [3.8, 4) is 6.07 Å². The van der Waals surface area contributed by atoms with Gasteiger partial charge in [0.1, 0.15) is 22.9 Å². The lowest BCUT2D eigenvalue weighted by Gasteiger charge is -2.07. The molecule has 2 rings (SSSR count). The molecular weight excluding hydrogens is 278 g/mol. The summed E-state index contributed by atoms with van der Waals surface area (Å²) in [5.74, 6) is 0. The summed E-state index contributed by atoms with van der Waals surface area (Å²) in [6.45, 7) is 0. The minimum atomic E-state index is -3.77. The van der Waals surface area contributed by atoms with E-state index < -0.39 is 10.0 Å². The number of anilines is 1. The highest BCUT2D eigenvalue weighted by molar-refractivity contribution is 7.92. The summed E-state index contributed by atoms with van der Waals surface area (Å²) in [6.07, 6.45) is 1.78. The van der Waals surface area contributed by atoms with Crippen LogP contribution < -0.4 is 4.72 Å². The van der Waals surface area contributed by atoms with E-state index in [1.54, 1.807) is 0 Å². The second-order valence-electron chi connectivity index (χ2n) is 3.84. The average molecular weight is 287 g/mol. The van der Waals surface area contributed by atoms with Crippen molar-refractivity contribution in [3.05, 3.63) is 53.9 Å². The highest BCUT2D eigenvalue weighted by atomic mass is 32.2. The lowest BCUT2D eigenvalue weighted by Crippen LogP contribution is -2.13. The molecule has 6 nitrogen and oxygen atoms in total. The Kier molecular flexibility index (Phi) is 3.77. The van der Waals surface area contributed by atoms with E-state index in [2.05, 4.69) is 9.71 Å². The van der Waals surface area contributed by atoms with E-state index >= 15 is 0 Å². The number of nitrogens with zero attached hydrogens (tertiary/aromatic N) is 2. The van der Waals surface area contributed by atoms with E-state index in [0.29, 0.717) is 17.5 Å². The van der Waals surface area contributed by atoms with Gasteiger partial charge in [-0.15, -0.1) is 0 Å². The molecule has 0 aliphatic heterocycles. The largest absolute Gasteiger partial charge is 0.298 e. The number of hydrogen-bond donors (Lipinski definition) is 1. The fourth-order valence-electron chi connectivity index (χ4n) is 1.45. The van der Waals surface area contributed by atoms with Crippen LogP contribution in [-0.4, -0.2) is 19.7 Å². The first kappa shape index (κ1) is 13.7. The molecule has 0 amide bonds. The molecule has 0 saturated carbocycles. The number of nitriles is 1. The van der Waals surface area contributed by atoms with Crippen molar-refractivity contribution in [2.45, 2.75) is 4.90 Å². The summed E-state index contributed by atoms with van der Waals surface area (Å²) in [7, 11) is -3.77. The molecule has 0 saturated heterocycles. The third-order valence-corrected chi connectivity index (χ3v) is 3.83. The number of aldehydes is 1. The second-order valence-corrected chi connectivity index (χ2v) is 5.52. The lowest BCUT2D eigenvalue weighted by atomic mass is 10.2. The molecule has 0 spiro atoms. The van der Waals surface area contributed by atoms with Gasteiger partial charge >= 0.3 is 0 Å². The minimum Gasteiger partial charge on any atom is -0.298 e. The van der Waals surface area contributed by atoms with Gasteiger partial charge in [0.2, 0.25) is 0 Å². The Morgan fingerprint density at radius 2 is 1.85 bits per heavy atom. The Bertz CT molecular complexity index is 760. The standard InChI is InChI=1S/C13H9N3O3S/c14-7-12-5-6-13(8-15-12)20(18,19)16-11-3-1-10(9-17)2-4-11/h1-6,8-9,16H. The quantitative estimate of drug-likeness (QED) is 0.860. The number of hydrogen-bond acceptors (Lipinski definition) is 5. The summed E-state index contributed by atoms with van der Waals surface area (Å²) in [5.41, 5.74) is 0.923. The number of benzene rings is 1. The van der Waals surface area contributed by atoms with Crippen LogP contribution in [0.25, 0.3) is 0 Å². The van der Waals surface area contributed by atoms with Gasteiger partial charge in [-0.05, 0) is 36.4 Å². The Labute approximate surface area is 115 Å². The van der Waals surface area contributed by atoms with Gasteiger partial charge in [-0.3, -0.25) is 9.52 Å². The van der Waals surface area contributed by atoms with Crippen molar-refractivity contribution in [1.29, 1.82) is 5.26 Å². The van der Waals surface area contributed by atoms with Crippen LogP contribution in [0.4, 0.5) is 5.69 Å². The normalized spacial score (nSPS) is 10.6. The van der Waals surface area contributed by atoms with Gasteiger partial charge in [-0.2, -0.15) is 5.26 Å². The monoisotopic (exact) mass is 287 g/mol. The van der Waals surface area contributed by atoms with Crippen LogP contribution in [0.1, 0.15) is 16.1 Å². The van der Waals surface area contributed by atoms with Gasteiger partial charge in [-0.1, -0.05) is 0 Å². The molecule has 7 heteroatoms. The summed E-state index contributed by atoms with van der Waals surface area (Å²) in [4.78, 5) is 14.2. The van der Waals surface area contributed by atoms with Crippen LogP contribution >= 0.6 is 0 Å². The molecule has 1 N–H and O–H groups in total. The highest BCUT2D eigenvalue weighted by Gasteiger charge is 2.14. The van der Waals surface area contributed by atoms with E-state index in [4.69, 9.17) is 5.26 Å². The smallest absolute Gasteiger partial charge is 0.263 e. The number of aromatic nitrogens is 1. The maximum absolute atomic E-state index is 12.1. The molecule has 2 aromatic rings. The van der Waals surface area contributed by atoms with Crippen LogP contribution in [0.5, 0.6) is 0 Å². The van der Waals surface area contributed by atoms with Gasteiger partial charge in [0.15, 0.2) is 0 Å². The number of sulfonamides is 1. The lowest BCUT2D eigenvalue weighted by molar-refractivity contribution is 0.112. The molecule has 0 atom stereocenters. The summed E-state index contributed by atoms with van der Waals surface area (Å²) < 4.78 is 26.5. The van der Waals surface area contributed by atoms with Crippen molar-refractivity contribution >= 4 is 22.0 Å². The highest BCUT2D eigenvalue weighted by Crippen LogP contribution is 2.15. The molecule has 0 bridgehead atoms. The third-order valence-electron chi connectivity index (χ3n) is 2.46. The predicted molar refractivity (Wildman–Crippen MR) is 71.6 cm³/mol. The molecule has 1 heterocycles. The topological polar surface area (TPSA) is 99.9 Å². The first-order valence-corrected chi connectivity index (χ1v) is 6.98. The van der Waals surface area contributed by atoms with Crippen LogP contribution in [0.15, 0.2) is 47.5 Å². The molecule has 0 fully saturated rings. The predicted octanol–water partition coefficient (Wildman–Crippen LogP) is 1.57. The number of carbonyl (C=O) groups is 1. The summed E-state index contributed by atoms with van der Waals surface area (Å²) in [6, 6.07) is 10.4. The van der Waals surface area contributed by atoms with E-state index in [-0.39, 0.29) is 10.6 Å². The van der Waals surface area contributed by atoms with Gasteiger partial charge in [0, 0.05) is 17.4 Å². The molecule has 0 unspecified atom stereocenters. The summed E-state index contributed by atoms with van der Waals surface area (Å²) in [5, 5.41) is 8.61. The number of pyridine rings is 1. The Hall–Kier alpha value is -2.72. The van der Waals surface area contributed by atoms with E-state index in [0.717, 1.165) is 6.20 Å². The molecule has 0 aliphatic carbocycles. The maximum Gasteiger partial charge on any atom is 0.263 e. The zero-order valence-electron chi connectivity index (χ0n) is 10.1. The first-order chi connectivity index (χ1) is 9.55. The van der Waals surface area contributed by atoms with Crippen LogP contribution in [0, 0.1) is 11.3 Å². The van der Waals surface area contributed by atoms with Crippen LogP contribution in [0.2, 0.25) is 0 Å². The van der Waals surface area contributed by atoms with Gasteiger partial charge < -0.3 is 0 Å². The Morgan fingerprint density at radius 1 is 1.15 bits per heavy atom. The van der Waals surface area contributed by atoms with Crippen molar-refractivity contribution < 1.29 is 13.2 Å². The fraction of sp³-hybridized carbons (Fsp3) is 0. The second kappa shape index (κ2) is 5.50. The van der Waals surface area contributed by atoms with E-state index in [1.165, 1.54) is 36.4 Å². The molecular formula is C13H9N3O3S. The maximum atomic E-state index is 12.1. The Morgan fingerprint density at radius 3 is 2.35 bits per heavy atom. The Balaban J connectivity index is 2.25. The average Bonchev–Trinajstić information content (AvgIpc) is 2.48. The van der Waals surface area contributed by atoms with Crippen molar-refractivity contribution in [3.63, 3.8) is 0 Å². The SMILES string of the molecule is N#Cc1ccc(S(=O)(=O)Nc2ccc(C=O)cc2)cn1. The number of nitrogens with one attached hydrogen (secondary N) is 1. The minimum absolute atomic E-state index is 0.0454. The molecule has 0 radical (unpaired) electrons. The fourth-order valence-corrected chi connectivity index (χ4v) is 2.45. The van der Waals surface area contributed by atoms with E-state index in [9.17, 15) is 13.2 Å². The van der Waals surface area contributed by atoms with Crippen molar-refractivity contribution in [2.24, 2.45) is 0 Å². The van der Waals surface area contributed by atoms with Crippen molar-refractivity contribution in [1.82, 2.24) is 4.98 Å². The molecule has 1 aromatic carbocycles. The molecule has 100 valence electrons. The van der Waals surface area contributed by atoms with Gasteiger partial charge in [0.05, 0.1) is 0 Å². The molecule has 1 aromatic heterocycles. The van der Waals surface area contributed by atoms with Crippen LogP contribution in [0.3, 0.4) is 0 Å². The van der Waals surface area contributed by atoms with Crippen LogP contribution in [-0.2, 0) is 10.0 Å². The number of rotatable bonds is 4. The molecule has 20 heavy (non-hydrogen) atoms. The first-order valence-electron chi connectivity index (χ1n) is 5.49. The third kappa shape index (κ3) is 2.99. The zero-order chi connectivity index (χ0) is 14.6. The van der Waals surface area contributed by atoms with Gasteiger partial charge in [-0.25, -0.2) is 13.4 Å². The van der Waals surface area contributed by atoms with Crippen molar-refractivity contribution in [2.75, 3.05) is 4.72 Å².